The molecule has 7 heteroatoms. The van der Waals surface area contributed by atoms with E-state index >= 15 is 0 Å². The van der Waals surface area contributed by atoms with E-state index in [-0.39, 0.29) is 18.4 Å². The number of aryl methyl sites for hydroxylation is 2. The van der Waals surface area contributed by atoms with Gasteiger partial charge in [0, 0.05) is 16.8 Å². The average Bonchev–Trinajstić information content (AvgIpc) is 3.33. The van der Waals surface area contributed by atoms with Crippen molar-refractivity contribution < 1.29 is 13.7 Å². The first-order valence-corrected chi connectivity index (χ1v) is 11.4. The van der Waals surface area contributed by atoms with E-state index in [1.807, 2.05) is 69.3 Å². The first-order chi connectivity index (χ1) is 16.9. The number of amides is 2. The van der Waals surface area contributed by atoms with Crippen LogP contribution >= 0.6 is 0 Å². The first-order valence-electron chi connectivity index (χ1n) is 11.4. The summed E-state index contributed by atoms with van der Waals surface area (Å²) in [7, 11) is 0. The molecule has 0 bridgehead atoms. The molecule has 1 N–H and O–H groups in total. The Morgan fingerprint density at radius 2 is 1.74 bits per heavy atom. The minimum atomic E-state index is -0.495. The van der Waals surface area contributed by atoms with Crippen molar-refractivity contribution in [1.82, 2.24) is 20.4 Å². The molecular weight excluding hydrogens is 443 g/mol. The molecular formula is C28H25FN4O2. The number of allylic oxidation sites excluding steroid dienone is 1. The third kappa shape index (κ3) is 4.45. The maximum Gasteiger partial charge on any atom is 0.322 e. The normalized spacial score (nSPS) is 15.9. The van der Waals surface area contributed by atoms with Crippen LogP contribution in [0.1, 0.15) is 41.1 Å². The molecule has 0 radical (unpaired) electrons. The lowest BCUT2D eigenvalue weighted by atomic mass is 9.94. The summed E-state index contributed by atoms with van der Waals surface area (Å²) in [4.78, 5) is 19.4. The topological polar surface area (TPSA) is 71.3 Å². The lowest BCUT2D eigenvalue weighted by Crippen LogP contribution is -2.45. The summed E-state index contributed by atoms with van der Waals surface area (Å²) in [5, 5.41) is 7.27. The van der Waals surface area contributed by atoms with Crippen molar-refractivity contribution >= 4 is 11.6 Å². The van der Waals surface area contributed by atoms with E-state index in [0.29, 0.717) is 28.5 Å². The molecule has 2 amide bonds. The van der Waals surface area contributed by atoms with Gasteiger partial charge in [0.1, 0.15) is 5.82 Å². The quantitative estimate of drug-likeness (QED) is 0.379. The fourth-order valence-electron chi connectivity index (χ4n) is 4.29. The Balaban J connectivity index is 1.61. The number of carbonyl (C=O) groups is 1. The van der Waals surface area contributed by atoms with Gasteiger partial charge in [-0.25, -0.2) is 9.18 Å². The van der Waals surface area contributed by atoms with E-state index in [9.17, 15) is 9.18 Å². The molecule has 1 unspecified atom stereocenters. The second kappa shape index (κ2) is 9.18. The van der Waals surface area contributed by atoms with Gasteiger partial charge in [0.2, 0.25) is 5.82 Å². The SMILES string of the molecule is CC1=C(c2nc(-c3cccc(C)c3)no2)C(c2ccc(C)cc2)NC(=O)N1Cc1ccccc1F. The molecule has 3 aromatic carbocycles. The van der Waals surface area contributed by atoms with Crippen molar-refractivity contribution in [3.8, 4) is 11.4 Å². The molecule has 6 nitrogen and oxygen atoms in total. The van der Waals surface area contributed by atoms with Crippen molar-refractivity contribution in [2.75, 3.05) is 0 Å². The predicted molar refractivity (Wildman–Crippen MR) is 131 cm³/mol. The molecule has 0 spiro atoms. The van der Waals surface area contributed by atoms with Crippen molar-refractivity contribution in [2.24, 2.45) is 0 Å². The third-order valence-electron chi connectivity index (χ3n) is 6.23. The number of hydrogen-bond donors (Lipinski definition) is 1. The fraction of sp³-hybridized carbons (Fsp3) is 0.179. The number of nitrogens with zero attached hydrogens (tertiary/aromatic N) is 3. The Morgan fingerprint density at radius 3 is 2.49 bits per heavy atom. The van der Waals surface area contributed by atoms with Crippen LogP contribution in [0.2, 0.25) is 0 Å². The van der Waals surface area contributed by atoms with Gasteiger partial charge >= 0.3 is 6.03 Å². The summed E-state index contributed by atoms with van der Waals surface area (Å²) in [5.41, 5.74) is 5.65. The van der Waals surface area contributed by atoms with Gasteiger partial charge in [0.05, 0.1) is 18.2 Å². The Kier molecular flexibility index (Phi) is 5.91. The number of halogens is 1. The molecule has 0 fully saturated rings. The van der Waals surface area contributed by atoms with E-state index in [0.717, 1.165) is 22.3 Å². The molecule has 1 aliphatic heterocycles. The van der Waals surface area contributed by atoms with Crippen LogP contribution in [0.15, 0.2) is 83.0 Å². The van der Waals surface area contributed by atoms with Crippen molar-refractivity contribution in [2.45, 2.75) is 33.4 Å². The van der Waals surface area contributed by atoms with Crippen molar-refractivity contribution in [3.05, 3.63) is 112 Å². The number of benzene rings is 3. The van der Waals surface area contributed by atoms with Gasteiger partial charge in [-0.2, -0.15) is 4.98 Å². The van der Waals surface area contributed by atoms with Crippen LogP contribution < -0.4 is 5.32 Å². The predicted octanol–water partition coefficient (Wildman–Crippen LogP) is 6.19. The zero-order chi connectivity index (χ0) is 24.5. The maximum atomic E-state index is 14.4. The van der Waals surface area contributed by atoms with Gasteiger partial charge < -0.3 is 9.84 Å². The molecule has 0 saturated heterocycles. The molecule has 4 aromatic rings. The van der Waals surface area contributed by atoms with E-state index in [1.54, 1.807) is 18.2 Å². The number of hydrogen-bond acceptors (Lipinski definition) is 4. The van der Waals surface area contributed by atoms with E-state index < -0.39 is 6.04 Å². The second-order valence-electron chi connectivity index (χ2n) is 8.76. The number of rotatable bonds is 5. The Bertz CT molecular complexity index is 1420. The molecule has 0 saturated carbocycles. The van der Waals surface area contributed by atoms with E-state index in [1.165, 1.54) is 11.0 Å². The minimum Gasteiger partial charge on any atom is -0.334 e. The van der Waals surface area contributed by atoms with Crippen molar-refractivity contribution in [3.63, 3.8) is 0 Å². The highest BCUT2D eigenvalue weighted by atomic mass is 19.1. The van der Waals surface area contributed by atoms with Gasteiger partial charge in [0.25, 0.3) is 5.89 Å². The Hall–Kier alpha value is -4.26. The smallest absolute Gasteiger partial charge is 0.322 e. The summed E-state index contributed by atoms with van der Waals surface area (Å²) in [5.74, 6) is 0.405. The first kappa shape index (κ1) is 22.5. The Morgan fingerprint density at radius 1 is 0.971 bits per heavy atom. The number of carbonyl (C=O) groups excluding carboxylic acids is 1. The van der Waals surface area contributed by atoms with E-state index in [2.05, 4.69) is 15.5 Å². The minimum absolute atomic E-state index is 0.0767. The highest BCUT2D eigenvalue weighted by molar-refractivity contribution is 5.86. The summed E-state index contributed by atoms with van der Waals surface area (Å²) >= 11 is 0. The largest absolute Gasteiger partial charge is 0.334 e. The Labute approximate surface area is 203 Å². The lowest BCUT2D eigenvalue weighted by Gasteiger charge is -2.35. The lowest BCUT2D eigenvalue weighted by molar-refractivity contribution is 0.202. The van der Waals surface area contributed by atoms with Crippen LogP contribution in [0.3, 0.4) is 0 Å². The zero-order valence-corrected chi connectivity index (χ0v) is 19.7. The fourth-order valence-corrected chi connectivity index (χ4v) is 4.29. The number of aromatic nitrogens is 2. The molecule has 5 rings (SSSR count). The summed E-state index contributed by atoms with van der Waals surface area (Å²) in [6.45, 7) is 5.91. The zero-order valence-electron chi connectivity index (χ0n) is 19.7. The average molecular weight is 469 g/mol. The van der Waals surface area contributed by atoms with Crippen LogP contribution in [0.5, 0.6) is 0 Å². The summed E-state index contributed by atoms with van der Waals surface area (Å²) in [6.07, 6.45) is 0. The number of urea groups is 1. The molecule has 2 heterocycles. The highest BCUT2D eigenvalue weighted by Gasteiger charge is 2.36. The van der Waals surface area contributed by atoms with Gasteiger partial charge in [-0.1, -0.05) is 76.9 Å². The molecule has 0 aliphatic carbocycles. The summed E-state index contributed by atoms with van der Waals surface area (Å²) < 4.78 is 20.1. The standard InChI is InChI=1S/C28H25FN4O2/c1-17-11-13-20(14-12-17)25-24(27-31-26(32-35-27)21-9-6-7-18(2)15-21)19(3)33(28(34)30-25)16-22-8-4-5-10-23(22)29/h4-15,25H,16H2,1-3H3,(H,30,34). The molecule has 1 aromatic heterocycles. The summed E-state index contributed by atoms with van der Waals surface area (Å²) in [6, 6.07) is 21.4. The van der Waals surface area contributed by atoms with Gasteiger partial charge in [0.15, 0.2) is 0 Å². The van der Waals surface area contributed by atoms with Gasteiger partial charge in [-0.3, -0.25) is 4.90 Å². The molecule has 176 valence electrons. The van der Waals surface area contributed by atoms with Gasteiger partial charge in [-0.05, 0) is 38.5 Å². The van der Waals surface area contributed by atoms with Gasteiger partial charge in [-0.15, -0.1) is 0 Å². The third-order valence-corrected chi connectivity index (χ3v) is 6.23. The second-order valence-corrected chi connectivity index (χ2v) is 8.76. The van der Waals surface area contributed by atoms with E-state index in [4.69, 9.17) is 4.52 Å². The number of nitrogens with one attached hydrogen (secondary N) is 1. The maximum absolute atomic E-state index is 14.4. The van der Waals surface area contributed by atoms with Crippen LogP contribution in [0, 0.1) is 19.7 Å². The molecule has 35 heavy (non-hydrogen) atoms. The highest BCUT2D eigenvalue weighted by Crippen LogP contribution is 2.38. The molecule has 1 atom stereocenters. The monoisotopic (exact) mass is 468 g/mol. The van der Waals surface area contributed by atoms with Crippen LogP contribution in [0.4, 0.5) is 9.18 Å². The van der Waals surface area contributed by atoms with Crippen LogP contribution in [-0.2, 0) is 6.54 Å². The van der Waals surface area contributed by atoms with Crippen LogP contribution in [-0.4, -0.2) is 21.1 Å². The van der Waals surface area contributed by atoms with Crippen LogP contribution in [0.25, 0.3) is 17.0 Å². The molecule has 1 aliphatic rings. The van der Waals surface area contributed by atoms with Crippen molar-refractivity contribution in [1.29, 1.82) is 0 Å².